The summed E-state index contributed by atoms with van der Waals surface area (Å²) in [5.41, 5.74) is 4.35. The summed E-state index contributed by atoms with van der Waals surface area (Å²) in [4.78, 5) is 17.8. The molecule has 0 aliphatic carbocycles. The molecule has 0 fully saturated rings. The third-order valence-corrected chi connectivity index (χ3v) is 6.10. The molecule has 0 saturated heterocycles. The van der Waals surface area contributed by atoms with Gasteiger partial charge in [0.05, 0.1) is 17.9 Å². The van der Waals surface area contributed by atoms with Gasteiger partial charge in [-0.1, -0.05) is 62.2 Å². The number of hydrogen-bond acceptors (Lipinski definition) is 5. The summed E-state index contributed by atoms with van der Waals surface area (Å²) in [5.74, 6) is 0.529. The number of hydrogen-bond donors (Lipinski definition) is 1. The van der Waals surface area contributed by atoms with Gasteiger partial charge in [0, 0.05) is 23.4 Å². The van der Waals surface area contributed by atoms with E-state index in [2.05, 4.69) is 39.5 Å². The Morgan fingerprint density at radius 2 is 1.91 bits per heavy atom. The molecule has 1 unspecified atom stereocenters. The SMILES string of the molecule is CCCc1c(Cl)n(C(C)CC)c(=O)n1Cc1ccc(-c2ccccc2-c2nn[nH]n2)cn1. The molecule has 1 aromatic carbocycles. The number of nitrogens with one attached hydrogen (secondary N) is 1. The molecule has 0 amide bonds. The first-order valence-electron chi connectivity index (χ1n) is 10.8. The van der Waals surface area contributed by atoms with Crippen LogP contribution in [0.3, 0.4) is 0 Å². The Morgan fingerprint density at radius 3 is 2.53 bits per heavy atom. The van der Waals surface area contributed by atoms with Gasteiger partial charge in [0.2, 0.25) is 5.82 Å². The summed E-state index contributed by atoms with van der Waals surface area (Å²) >= 11 is 6.63. The van der Waals surface area contributed by atoms with Crippen LogP contribution in [0.2, 0.25) is 5.15 Å². The third kappa shape index (κ3) is 4.10. The lowest BCUT2D eigenvalue weighted by Gasteiger charge is -2.10. The second-order valence-corrected chi connectivity index (χ2v) is 8.16. The maximum Gasteiger partial charge on any atom is 0.330 e. The largest absolute Gasteiger partial charge is 0.330 e. The minimum atomic E-state index is -0.0823. The zero-order valence-corrected chi connectivity index (χ0v) is 19.2. The molecule has 3 heterocycles. The smallest absolute Gasteiger partial charge is 0.289 e. The van der Waals surface area contributed by atoms with E-state index in [1.807, 2.05) is 49.5 Å². The molecule has 1 N–H and O–H groups in total. The maximum atomic E-state index is 13.1. The summed E-state index contributed by atoms with van der Waals surface area (Å²) in [5, 5.41) is 14.9. The van der Waals surface area contributed by atoms with Crippen LogP contribution in [0.15, 0.2) is 47.4 Å². The number of rotatable bonds is 8. The zero-order valence-electron chi connectivity index (χ0n) is 18.4. The van der Waals surface area contributed by atoms with Crippen molar-refractivity contribution in [3.05, 3.63) is 69.6 Å². The van der Waals surface area contributed by atoms with E-state index >= 15 is 0 Å². The fraction of sp³-hybridized carbons (Fsp3) is 0.348. The molecule has 0 saturated carbocycles. The van der Waals surface area contributed by atoms with Crippen molar-refractivity contribution in [3.63, 3.8) is 0 Å². The van der Waals surface area contributed by atoms with Gasteiger partial charge in [-0.05, 0) is 36.6 Å². The molecule has 0 aliphatic heterocycles. The second-order valence-electron chi connectivity index (χ2n) is 7.80. The van der Waals surface area contributed by atoms with Crippen molar-refractivity contribution in [2.75, 3.05) is 0 Å². The van der Waals surface area contributed by atoms with Crippen molar-refractivity contribution in [1.82, 2.24) is 34.7 Å². The zero-order chi connectivity index (χ0) is 22.7. The van der Waals surface area contributed by atoms with Gasteiger partial charge < -0.3 is 0 Å². The normalized spacial score (nSPS) is 12.2. The lowest BCUT2D eigenvalue weighted by atomic mass is 10.0. The van der Waals surface area contributed by atoms with Crippen molar-refractivity contribution in [1.29, 1.82) is 0 Å². The Kier molecular flexibility index (Phi) is 6.50. The fourth-order valence-corrected chi connectivity index (χ4v) is 4.26. The van der Waals surface area contributed by atoms with Crippen molar-refractivity contribution in [3.8, 4) is 22.5 Å². The Bertz CT molecular complexity index is 1240. The van der Waals surface area contributed by atoms with Crippen LogP contribution in [0.25, 0.3) is 22.5 Å². The van der Waals surface area contributed by atoms with Crippen LogP contribution in [0.4, 0.5) is 0 Å². The monoisotopic (exact) mass is 451 g/mol. The minimum absolute atomic E-state index is 0.0452. The molecule has 3 aromatic heterocycles. The highest BCUT2D eigenvalue weighted by atomic mass is 35.5. The molecule has 4 rings (SSSR count). The molecule has 0 aliphatic rings. The van der Waals surface area contributed by atoms with E-state index in [4.69, 9.17) is 11.6 Å². The summed E-state index contributed by atoms with van der Waals surface area (Å²) in [7, 11) is 0. The van der Waals surface area contributed by atoms with Gasteiger partial charge in [-0.15, -0.1) is 10.2 Å². The Labute approximate surface area is 191 Å². The molecular weight excluding hydrogens is 426 g/mol. The van der Waals surface area contributed by atoms with E-state index in [0.29, 0.717) is 17.5 Å². The van der Waals surface area contributed by atoms with Crippen molar-refractivity contribution >= 4 is 11.6 Å². The maximum absolute atomic E-state index is 13.1. The number of aromatic amines is 1. The summed E-state index contributed by atoms with van der Waals surface area (Å²) in [6.07, 6.45) is 4.30. The first-order chi connectivity index (χ1) is 15.5. The summed E-state index contributed by atoms with van der Waals surface area (Å²) in [6, 6.07) is 11.8. The molecule has 0 radical (unpaired) electrons. The molecule has 1 atom stereocenters. The molecule has 8 nitrogen and oxygen atoms in total. The average Bonchev–Trinajstić information content (AvgIpc) is 3.43. The van der Waals surface area contributed by atoms with Crippen LogP contribution in [0.1, 0.15) is 51.0 Å². The Hall–Kier alpha value is -3.26. The van der Waals surface area contributed by atoms with E-state index < -0.39 is 0 Å². The molecule has 0 spiro atoms. The van der Waals surface area contributed by atoms with Gasteiger partial charge >= 0.3 is 5.69 Å². The van der Waals surface area contributed by atoms with Crippen molar-refractivity contribution in [2.45, 2.75) is 52.6 Å². The van der Waals surface area contributed by atoms with E-state index in [0.717, 1.165) is 47.3 Å². The number of imidazole rings is 1. The van der Waals surface area contributed by atoms with Crippen molar-refractivity contribution < 1.29 is 0 Å². The molecule has 32 heavy (non-hydrogen) atoms. The highest BCUT2D eigenvalue weighted by Crippen LogP contribution is 2.29. The van der Waals surface area contributed by atoms with Crippen LogP contribution in [0.5, 0.6) is 0 Å². The number of aromatic nitrogens is 7. The quantitative estimate of drug-likeness (QED) is 0.425. The van der Waals surface area contributed by atoms with Gasteiger partial charge in [0.1, 0.15) is 5.15 Å². The summed E-state index contributed by atoms with van der Waals surface area (Å²) in [6.45, 7) is 6.53. The van der Waals surface area contributed by atoms with Gasteiger partial charge in [0.25, 0.3) is 0 Å². The Balaban J connectivity index is 1.67. The van der Waals surface area contributed by atoms with Gasteiger partial charge in [-0.2, -0.15) is 5.21 Å². The standard InChI is InChI=1S/C23H26ClN7O/c1-4-8-20-21(24)31(15(3)5-2)23(32)30(20)14-17-12-11-16(13-25-17)18-9-6-7-10-19(18)22-26-28-29-27-22/h6-7,9-13,15H,4-5,8,14H2,1-3H3,(H,26,27,28,29). The Morgan fingerprint density at radius 1 is 1.12 bits per heavy atom. The van der Waals surface area contributed by atoms with E-state index in [1.54, 1.807) is 9.13 Å². The number of nitrogens with zero attached hydrogens (tertiary/aromatic N) is 6. The van der Waals surface area contributed by atoms with Crippen molar-refractivity contribution in [2.24, 2.45) is 0 Å². The number of benzene rings is 1. The number of H-pyrrole nitrogens is 1. The number of pyridine rings is 1. The van der Waals surface area contributed by atoms with Crippen LogP contribution in [-0.2, 0) is 13.0 Å². The lowest BCUT2D eigenvalue weighted by molar-refractivity contribution is 0.504. The van der Waals surface area contributed by atoms with E-state index in [-0.39, 0.29) is 11.7 Å². The molecule has 166 valence electrons. The fourth-order valence-electron chi connectivity index (χ4n) is 3.83. The van der Waals surface area contributed by atoms with Crippen LogP contribution >= 0.6 is 11.6 Å². The number of halogens is 1. The third-order valence-electron chi connectivity index (χ3n) is 5.70. The topological polar surface area (TPSA) is 94.3 Å². The lowest BCUT2D eigenvalue weighted by Crippen LogP contribution is -2.27. The minimum Gasteiger partial charge on any atom is -0.289 e. The number of tetrazole rings is 1. The second kappa shape index (κ2) is 9.48. The van der Waals surface area contributed by atoms with Crippen LogP contribution in [-0.4, -0.2) is 34.7 Å². The first kappa shape index (κ1) is 22.0. The molecule has 0 bridgehead atoms. The predicted molar refractivity (Wildman–Crippen MR) is 125 cm³/mol. The van der Waals surface area contributed by atoms with Gasteiger partial charge in [-0.3, -0.25) is 14.1 Å². The van der Waals surface area contributed by atoms with Crippen LogP contribution < -0.4 is 5.69 Å². The van der Waals surface area contributed by atoms with E-state index in [1.165, 1.54) is 0 Å². The highest BCUT2D eigenvalue weighted by molar-refractivity contribution is 6.30. The molecular formula is C23H26ClN7O. The van der Waals surface area contributed by atoms with Crippen LogP contribution in [0, 0.1) is 0 Å². The van der Waals surface area contributed by atoms with Gasteiger partial charge in [0.15, 0.2) is 0 Å². The molecule has 4 aromatic rings. The first-order valence-corrected chi connectivity index (χ1v) is 11.2. The highest BCUT2D eigenvalue weighted by Gasteiger charge is 2.21. The average molecular weight is 452 g/mol. The predicted octanol–water partition coefficient (Wildman–Crippen LogP) is 4.52. The van der Waals surface area contributed by atoms with Gasteiger partial charge in [-0.25, -0.2) is 4.79 Å². The van der Waals surface area contributed by atoms with E-state index in [9.17, 15) is 4.79 Å². The summed E-state index contributed by atoms with van der Waals surface area (Å²) < 4.78 is 3.45. The molecule has 9 heteroatoms.